The SMILES string of the molecule is Br.Br.Nc1nc(N2CCNCC2)n[nH]1. The molecule has 0 amide bonds. The molecule has 2 heterocycles. The zero-order valence-electron chi connectivity index (χ0n) is 7.56. The van der Waals surface area contributed by atoms with Gasteiger partial charge in [-0.05, 0) is 0 Å². The van der Waals surface area contributed by atoms with Crippen molar-refractivity contribution < 1.29 is 0 Å². The molecule has 1 aliphatic heterocycles. The molecule has 0 aromatic carbocycles. The molecule has 0 saturated carbocycles. The van der Waals surface area contributed by atoms with Crippen LogP contribution in [0.25, 0.3) is 0 Å². The van der Waals surface area contributed by atoms with E-state index in [0.717, 1.165) is 26.2 Å². The molecular weight excluding hydrogens is 316 g/mol. The minimum Gasteiger partial charge on any atom is -0.368 e. The second-order valence-corrected chi connectivity index (χ2v) is 2.76. The molecule has 0 aliphatic carbocycles. The van der Waals surface area contributed by atoms with Gasteiger partial charge in [-0.2, -0.15) is 4.98 Å². The first-order valence-corrected chi connectivity index (χ1v) is 4.00. The van der Waals surface area contributed by atoms with E-state index in [9.17, 15) is 0 Å². The van der Waals surface area contributed by atoms with Gasteiger partial charge in [-0.1, -0.05) is 0 Å². The number of H-pyrrole nitrogens is 1. The molecule has 8 heteroatoms. The molecule has 6 nitrogen and oxygen atoms in total. The summed E-state index contributed by atoms with van der Waals surface area (Å²) in [5.74, 6) is 1.08. The van der Waals surface area contributed by atoms with Crippen LogP contribution in [-0.4, -0.2) is 41.4 Å². The molecule has 0 radical (unpaired) electrons. The van der Waals surface area contributed by atoms with Gasteiger partial charge in [-0.15, -0.1) is 39.1 Å². The maximum Gasteiger partial charge on any atom is 0.246 e. The van der Waals surface area contributed by atoms with Gasteiger partial charge in [0.05, 0.1) is 0 Å². The highest BCUT2D eigenvalue weighted by molar-refractivity contribution is 8.93. The van der Waals surface area contributed by atoms with E-state index in [4.69, 9.17) is 5.73 Å². The highest BCUT2D eigenvalue weighted by Gasteiger charge is 2.13. The summed E-state index contributed by atoms with van der Waals surface area (Å²) in [5.41, 5.74) is 5.41. The zero-order chi connectivity index (χ0) is 8.39. The number of nitrogens with one attached hydrogen (secondary N) is 2. The van der Waals surface area contributed by atoms with Gasteiger partial charge in [0, 0.05) is 26.2 Å². The number of nitrogens with zero attached hydrogens (tertiary/aromatic N) is 3. The molecule has 14 heavy (non-hydrogen) atoms. The molecule has 1 fully saturated rings. The molecule has 0 atom stereocenters. The van der Waals surface area contributed by atoms with Gasteiger partial charge in [-0.25, -0.2) is 5.10 Å². The number of halogens is 2. The van der Waals surface area contributed by atoms with Gasteiger partial charge < -0.3 is 16.0 Å². The third-order valence-electron chi connectivity index (χ3n) is 1.89. The number of nitrogen functional groups attached to an aromatic ring is 1. The smallest absolute Gasteiger partial charge is 0.246 e. The second kappa shape index (κ2) is 6.20. The topological polar surface area (TPSA) is 82.9 Å². The Morgan fingerprint density at radius 1 is 1.21 bits per heavy atom. The Labute approximate surface area is 103 Å². The van der Waals surface area contributed by atoms with E-state index in [2.05, 4.69) is 25.4 Å². The molecule has 0 unspecified atom stereocenters. The van der Waals surface area contributed by atoms with Crippen molar-refractivity contribution in [3.63, 3.8) is 0 Å². The van der Waals surface area contributed by atoms with Crippen molar-refractivity contribution in [1.29, 1.82) is 0 Å². The minimum absolute atomic E-state index is 0. The van der Waals surface area contributed by atoms with Gasteiger partial charge in [0.2, 0.25) is 11.9 Å². The fraction of sp³-hybridized carbons (Fsp3) is 0.667. The minimum atomic E-state index is 0. The number of hydrogen-bond donors (Lipinski definition) is 3. The molecule has 1 aromatic rings. The highest BCUT2D eigenvalue weighted by Crippen LogP contribution is 2.07. The van der Waals surface area contributed by atoms with Crippen LogP contribution in [0.2, 0.25) is 0 Å². The summed E-state index contributed by atoms with van der Waals surface area (Å²) < 4.78 is 0. The molecule has 2 rings (SSSR count). The van der Waals surface area contributed by atoms with Crippen LogP contribution in [-0.2, 0) is 0 Å². The molecule has 1 aromatic heterocycles. The van der Waals surface area contributed by atoms with Crippen molar-refractivity contribution in [2.45, 2.75) is 0 Å². The van der Waals surface area contributed by atoms with Gasteiger partial charge in [0.15, 0.2) is 0 Å². The Hall–Kier alpha value is -0.340. The van der Waals surface area contributed by atoms with Crippen LogP contribution in [0.5, 0.6) is 0 Å². The number of nitrogens with two attached hydrogens (primary N) is 1. The largest absolute Gasteiger partial charge is 0.368 e. The molecule has 0 bridgehead atoms. The van der Waals surface area contributed by atoms with Crippen LogP contribution in [0.4, 0.5) is 11.9 Å². The Bertz CT molecular complexity index is 259. The van der Waals surface area contributed by atoms with Gasteiger partial charge in [0.25, 0.3) is 0 Å². The third kappa shape index (κ3) is 3.10. The maximum absolute atomic E-state index is 5.41. The van der Waals surface area contributed by atoms with Crippen LogP contribution < -0.4 is 16.0 Å². The van der Waals surface area contributed by atoms with E-state index in [1.165, 1.54) is 0 Å². The summed E-state index contributed by atoms with van der Waals surface area (Å²) in [4.78, 5) is 6.14. The van der Waals surface area contributed by atoms with E-state index in [1.807, 2.05) is 0 Å². The van der Waals surface area contributed by atoms with E-state index in [1.54, 1.807) is 0 Å². The second-order valence-electron chi connectivity index (χ2n) is 2.76. The lowest BCUT2D eigenvalue weighted by molar-refractivity contribution is 0.580. The molecular formula is C6H14Br2N6. The average Bonchev–Trinajstić information content (AvgIpc) is 2.54. The van der Waals surface area contributed by atoms with Crippen molar-refractivity contribution in [3.8, 4) is 0 Å². The lowest BCUT2D eigenvalue weighted by atomic mass is 10.4. The summed E-state index contributed by atoms with van der Waals surface area (Å²) in [6, 6.07) is 0. The van der Waals surface area contributed by atoms with Gasteiger partial charge in [-0.3, -0.25) is 0 Å². The predicted octanol–water partition coefficient (Wildman–Crippen LogP) is -0.0477. The van der Waals surface area contributed by atoms with E-state index in [0.29, 0.717) is 11.9 Å². The summed E-state index contributed by atoms with van der Waals surface area (Å²) in [6.07, 6.45) is 0. The number of hydrogen-bond acceptors (Lipinski definition) is 5. The van der Waals surface area contributed by atoms with Crippen molar-refractivity contribution in [2.75, 3.05) is 36.8 Å². The summed E-state index contributed by atoms with van der Waals surface area (Å²) >= 11 is 0. The van der Waals surface area contributed by atoms with E-state index >= 15 is 0 Å². The monoisotopic (exact) mass is 328 g/mol. The molecule has 82 valence electrons. The maximum atomic E-state index is 5.41. The average molecular weight is 330 g/mol. The van der Waals surface area contributed by atoms with Gasteiger partial charge in [0.1, 0.15) is 0 Å². The lowest BCUT2D eigenvalue weighted by Crippen LogP contribution is -2.44. The standard InChI is InChI=1S/C6H12N6.2BrH/c7-5-9-6(11-10-5)12-3-1-8-2-4-12;;/h8H,1-4H2,(H3,7,9,10,11);2*1H. The number of piperazine rings is 1. The van der Waals surface area contributed by atoms with E-state index < -0.39 is 0 Å². The first kappa shape index (κ1) is 13.7. The highest BCUT2D eigenvalue weighted by atomic mass is 79.9. The van der Waals surface area contributed by atoms with Crippen molar-refractivity contribution >= 4 is 45.9 Å². The van der Waals surface area contributed by atoms with Crippen LogP contribution in [0.3, 0.4) is 0 Å². The predicted molar refractivity (Wildman–Crippen MR) is 66.5 cm³/mol. The Morgan fingerprint density at radius 3 is 2.36 bits per heavy atom. The summed E-state index contributed by atoms with van der Waals surface area (Å²) in [6.45, 7) is 3.84. The van der Waals surface area contributed by atoms with E-state index in [-0.39, 0.29) is 34.0 Å². The fourth-order valence-corrected chi connectivity index (χ4v) is 1.27. The first-order valence-electron chi connectivity index (χ1n) is 4.00. The first-order chi connectivity index (χ1) is 5.86. The molecule has 1 aliphatic rings. The van der Waals surface area contributed by atoms with Gasteiger partial charge >= 0.3 is 0 Å². The number of aromatic amines is 1. The van der Waals surface area contributed by atoms with Crippen molar-refractivity contribution in [2.24, 2.45) is 0 Å². The summed E-state index contributed by atoms with van der Waals surface area (Å²) in [5, 5.41) is 9.85. The van der Waals surface area contributed by atoms with Crippen LogP contribution >= 0.6 is 34.0 Å². The van der Waals surface area contributed by atoms with Crippen LogP contribution in [0.15, 0.2) is 0 Å². The number of anilines is 2. The van der Waals surface area contributed by atoms with Crippen LogP contribution in [0.1, 0.15) is 0 Å². The Kier molecular flexibility index (Phi) is 6.05. The molecule has 4 N–H and O–H groups in total. The third-order valence-corrected chi connectivity index (χ3v) is 1.89. The fourth-order valence-electron chi connectivity index (χ4n) is 1.27. The van der Waals surface area contributed by atoms with Crippen molar-refractivity contribution in [3.05, 3.63) is 0 Å². The molecule has 1 saturated heterocycles. The summed E-state index contributed by atoms with van der Waals surface area (Å²) in [7, 11) is 0. The number of aromatic nitrogens is 3. The zero-order valence-corrected chi connectivity index (χ0v) is 11.0. The Balaban J connectivity index is 0.000000845. The van der Waals surface area contributed by atoms with Crippen molar-refractivity contribution in [1.82, 2.24) is 20.5 Å². The number of rotatable bonds is 1. The quantitative estimate of drug-likeness (QED) is 0.673. The molecule has 0 spiro atoms. The lowest BCUT2D eigenvalue weighted by Gasteiger charge is -2.25. The normalized spacial score (nSPS) is 15.6. The van der Waals surface area contributed by atoms with Crippen LogP contribution in [0, 0.1) is 0 Å². The Morgan fingerprint density at radius 2 is 1.86 bits per heavy atom.